The summed E-state index contributed by atoms with van der Waals surface area (Å²) in [7, 11) is -3.97. The van der Waals surface area contributed by atoms with Crippen LogP contribution in [0.25, 0.3) is 0 Å². The summed E-state index contributed by atoms with van der Waals surface area (Å²) in [6, 6.07) is 8.85. The molecule has 1 saturated heterocycles. The molecule has 2 N–H and O–H groups in total. The van der Waals surface area contributed by atoms with Crippen molar-refractivity contribution >= 4 is 33.2 Å². The summed E-state index contributed by atoms with van der Waals surface area (Å²) in [6.07, 6.45) is 4.38. The summed E-state index contributed by atoms with van der Waals surface area (Å²) in [4.78, 5) is 14.9. The molecule has 9 heteroatoms. The van der Waals surface area contributed by atoms with E-state index in [1.807, 2.05) is 0 Å². The van der Waals surface area contributed by atoms with Crippen molar-refractivity contribution < 1.29 is 17.6 Å². The number of nitrogens with zero attached hydrogens (tertiary/aromatic N) is 1. The molecule has 1 amide bonds. The van der Waals surface area contributed by atoms with Crippen LogP contribution in [0.2, 0.25) is 5.02 Å². The lowest BCUT2D eigenvalue weighted by molar-refractivity contribution is 0.0952. The van der Waals surface area contributed by atoms with E-state index in [4.69, 9.17) is 11.6 Å². The minimum Gasteiger partial charge on any atom is -0.352 e. The first-order valence-corrected chi connectivity index (χ1v) is 12.7. The monoisotopic (exact) mass is 481 g/mol. The third kappa shape index (κ3) is 6.92. The lowest BCUT2D eigenvalue weighted by Gasteiger charge is -2.30. The highest BCUT2D eigenvalue weighted by Crippen LogP contribution is 2.26. The highest BCUT2D eigenvalue weighted by atomic mass is 35.5. The average Bonchev–Trinajstić information content (AvgIpc) is 2.76. The molecule has 2 aromatic rings. The normalized spacial score (nSPS) is 15.5. The maximum Gasteiger partial charge on any atom is 0.261 e. The van der Waals surface area contributed by atoms with Gasteiger partial charge in [0.15, 0.2) is 0 Å². The van der Waals surface area contributed by atoms with Crippen molar-refractivity contribution in [3.63, 3.8) is 0 Å². The van der Waals surface area contributed by atoms with Crippen LogP contribution in [0.3, 0.4) is 0 Å². The summed E-state index contributed by atoms with van der Waals surface area (Å²) in [5.41, 5.74) is 0.388. The predicted octanol–water partition coefficient (Wildman–Crippen LogP) is 4.52. The van der Waals surface area contributed by atoms with Crippen LogP contribution in [0.5, 0.6) is 0 Å². The van der Waals surface area contributed by atoms with Crippen LogP contribution in [0.15, 0.2) is 47.4 Å². The number of amides is 1. The Labute approximate surface area is 194 Å². The lowest BCUT2D eigenvalue weighted by Crippen LogP contribution is -2.34. The van der Waals surface area contributed by atoms with Gasteiger partial charge in [-0.1, -0.05) is 18.5 Å². The molecule has 0 radical (unpaired) electrons. The first-order valence-electron chi connectivity index (χ1n) is 10.8. The zero-order chi connectivity index (χ0) is 23.1. The molecule has 1 aliphatic heterocycles. The van der Waals surface area contributed by atoms with Gasteiger partial charge in [-0.15, -0.1) is 0 Å². The number of carbonyl (C=O) groups excluding carboxylic acids is 1. The SMILES string of the molecule is CC1CCN(CCCCNC(=O)c2ccc(Cl)c(NS(=O)(=O)c3ccc(F)cc3)c2)CC1. The van der Waals surface area contributed by atoms with Gasteiger partial charge in [0, 0.05) is 12.1 Å². The van der Waals surface area contributed by atoms with Crippen molar-refractivity contribution in [3.8, 4) is 0 Å². The molecule has 1 heterocycles. The van der Waals surface area contributed by atoms with E-state index < -0.39 is 15.8 Å². The Balaban J connectivity index is 1.52. The Morgan fingerprint density at radius 3 is 2.50 bits per heavy atom. The Bertz CT molecular complexity index is 1020. The molecule has 0 atom stereocenters. The van der Waals surface area contributed by atoms with Gasteiger partial charge < -0.3 is 10.2 Å². The molecule has 32 heavy (non-hydrogen) atoms. The minimum absolute atomic E-state index is 0.0861. The number of halogens is 2. The van der Waals surface area contributed by atoms with Crippen LogP contribution in [0, 0.1) is 11.7 Å². The van der Waals surface area contributed by atoms with Gasteiger partial charge in [0.1, 0.15) is 5.82 Å². The fourth-order valence-electron chi connectivity index (χ4n) is 3.61. The van der Waals surface area contributed by atoms with E-state index in [1.54, 1.807) is 6.07 Å². The third-order valence-corrected chi connectivity index (χ3v) is 7.37. The quantitative estimate of drug-likeness (QED) is 0.516. The van der Waals surface area contributed by atoms with Gasteiger partial charge >= 0.3 is 0 Å². The van der Waals surface area contributed by atoms with Gasteiger partial charge in [0.2, 0.25) is 0 Å². The van der Waals surface area contributed by atoms with Gasteiger partial charge in [0.05, 0.1) is 15.6 Å². The second-order valence-corrected chi connectivity index (χ2v) is 10.3. The zero-order valence-corrected chi connectivity index (χ0v) is 19.7. The number of benzene rings is 2. The van der Waals surface area contributed by atoms with Gasteiger partial charge in [-0.3, -0.25) is 9.52 Å². The Kier molecular flexibility index (Phi) is 8.51. The second-order valence-electron chi connectivity index (χ2n) is 8.24. The second kappa shape index (κ2) is 11.1. The van der Waals surface area contributed by atoms with Crippen LogP contribution in [-0.4, -0.2) is 45.4 Å². The van der Waals surface area contributed by atoms with E-state index in [9.17, 15) is 17.6 Å². The minimum atomic E-state index is -3.97. The predicted molar refractivity (Wildman–Crippen MR) is 125 cm³/mol. The number of likely N-dealkylation sites (tertiary alicyclic amines) is 1. The maximum absolute atomic E-state index is 13.1. The molecular formula is C23H29ClFN3O3S. The smallest absolute Gasteiger partial charge is 0.261 e. The van der Waals surface area contributed by atoms with Crippen molar-refractivity contribution in [2.24, 2.45) is 5.92 Å². The third-order valence-electron chi connectivity index (χ3n) is 5.66. The lowest BCUT2D eigenvalue weighted by atomic mass is 9.99. The van der Waals surface area contributed by atoms with Gasteiger partial charge in [-0.05, 0) is 93.7 Å². The van der Waals surface area contributed by atoms with Gasteiger partial charge in [-0.2, -0.15) is 0 Å². The van der Waals surface area contributed by atoms with Crippen LogP contribution in [0.1, 0.15) is 43.0 Å². The van der Waals surface area contributed by atoms with E-state index in [0.29, 0.717) is 12.1 Å². The summed E-state index contributed by atoms with van der Waals surface area (Å²) in [5, 5.41) is 3.03. The molecule has 0 saturated carbocycles. The summed E-state index contributed by atoms with van der Waals surface area (Å²) in [5.74, 6) is -0.0168. The van der Waals surface area contributed by atoms with Crippen LogP contribution >= 0.6 is 11.6 Å². The molecular weight excluding hydrogens is 453 g/mol. The summed E-state index contributed by atoms with van der Waals surface area (Å²) < 4.78 is 40.5. The standard InChI is InChI=1S/C23H29ClFN3O3S/c1-17-10-14-28(15-11-17)13-3-2-12-26-23(29)18-4-9-21(24)22(16-18)27-32(30,31)20-7-5-19(25)6-8-20/h4-9,16-17,27H,2-3,10-15H2,1H3,(H,26,29). The highest BCUT2D eigenvalue weighted by molar-refractivity contribution is 7.92. The molecule has 6 nitrogen and oxygen atoms in total. The van der Waals surface area contributed by atoms with Crippen molar-refractivity contribution in [2.75, 3.05) is 30.9 Å². The van der Waals surface area contributed by atoms with Crippen molar-refractivity contribution in [3.05, 3.63) is 58.9 Å². The van der Waals surface area contributed by atoms with Gasteiger partial charge in [0.25, 0.3) is 15.9 Å². The van der Waals surface area contributed by atoms with E-state index in [2.05, 4.69) is 21.9 Å². The first kappa shape index (κ1) is 24.5. The van der Waals surface area contributed by atoms with Crippen LogP contribution < -0.4 is 10.0 Å². The number of nitrogens with one attached hydrogen (secondary N) is 2. The Morgan fingerprint density at radius 2 is 1.81 bits per heavy atom. The van der Waals surface area contributed by atoms with Crippen molar-refractivity contribution in [1.29, 1.82) is 0 Å². The van der Waals surface area contributed by atoms with E-state index in [0.717, 1.165) is 62.7 Å². The number of anilines is 1. The molecule has 1 fully saturated rings. The van der Waals surface area contributed by atoms with Crippen LogP contribution in [-0.2, 0) is 10.0 Å². The molecule has 2 aromatic carbocycles. The molecule has 0 spiro atoms. The molecule has 0 aromatic heterocycles. The van der Waals surface area contributed by atoms with E-state index in [-0.39, 0.29) is 21.5 Å². The van der Waals surface area contributed by atoms with Crippen molar-refractivity contribution in [1.82, 2.24) is 10.2 Å². The zero-order valence-electron chi connectivity index (χ0n) is 18.1. The number of piperidine rings is 1. The number of unbranched alkanes of at least 4 members (excludes halogenated alkanes) is 1. The number of carbonyl (C=O) groups is 1. The van der Waals surface area contributed by atoms with E-state index >= 15 is 0 Å². The Hall–Kier alpha value is -2.16. The molecule has 0 bridgehead atoms. The largest absolute Gasteiger partial charge is 0.352 e. The Morgan fingerprint density at radius 1 is 1.12 bits per heavy atom. The molecule has 3 rings (SSSR count). The molecule has 1 aliphatic rings. The highest BCUT2D eigenvalue weighted by Gasteiger charge is 2.18. The number of sulfonamides is 1. The fraction of sp³-hybridized carbons (Fsp3) is 0.435. The number of rotatable bonds is 9. The molecule has 0 aliphatic carbocycles. The number of hydrogen-bond acceptors (Lipinski definition) is 4. The van der Waals surface area contributed by atoms with Crippen molar-refractivity contribution in [2.45, 2.75) is 37.5 Å². The summed E-state index contributed by atoms with van der Waals surface area (Å²) in [6.45, 7) is 6.17. The number of hydrogen-bond donors (Lipinski definition) is 2. The average molecular weight is 482 g/mol. The maximum atomic E-state index is 13.1. The summed E-state index contributed by atoms with van der Waals surface area (Å²) >= 11 is 6.12. The topological polar surface area (TPSA) is 78.5 Å². The molecule has 0 unspecified atom stereocenters. The van der Waals surface area contributed by atoms with Gasteiger partial charge in [-0.25, -0.2) is 12.8 Å². The fourth-order valence-corrected chi connectivity index (χ4v) is 4.90. The molecule has 174 valence electrons. The van der Waals surface area contributed by atoms with Crippen LogP contribution in [0.4, 0.5) is 10.1 Å². The van der Waals surface area contributed by atoms with E-state index in [1.165, 1.54) is 25.0 Å². The first-order chi connectivity index (χ1) is 15.2.